The summed E-state index contributed by atoms with van der Waals surface area (Å²) < 4.78 is 4.97. The zero-order chi connectivity index (χ0) is 15.7. The van der Waals surface area contributed by atoms with Crippen molar-refractivity contribution in [1.29, 1.82) is 0 Å². The highest BCUT2D eigenvalue weighted by molar-refractivity contribution is 9.08. The maximum absolute atomic E-state index is 10.6. The third-order valence-electron chi connectivity index (χ3n) is 2.37. The van der Waals surface area contributed by atoms with Gasteiger partial charge in [0.25, 0.3) is 0 Å². The third-order valence-corrected chi connectivity index (χ3v) is 2.98. The molecule has 112 valence electrons. The number of para-hydroxylation sites is 1. The number of alkyl halides is 1. The summed E-state index contributed by atoms with van der Waals surface area (Å²) in [5.41, 5.74) is 6.14. The van der Waals surface area contributed by atoms with Crippen molar-refractivity contribution in [2.24, 2.45) is 11.7 Å². The molecular formula is C14H20BrNO4. The van der Waals surface area contributed by atoms with Gasteiger partial charge in [-0.3, -0.25) is 9.59 Å². The number of carbonyl (C=O) groups is 2. The van der Waals surface area contributed by atoms with Gasteiger partial charge >= 0.3 is 11.9 Å². The topological polar surface area (TPSA) is 89.6 Å². The number of ether oxygens (including phenoxy) is 1. The van der Waals surface area contributed by atoms with Crippen molar-refractivity contribution in [1.82, 2.24) is 0 Å². The van der Waals surface area contributed by atoms with Crippen LogP contribution >= 0.6 is 15.9 Å². The largest absolute Gasteiger partial charge is 0.480 e. The molecule has 0 fully saturated rings. The fourth-order valence-electron chi connectivity index (χ4n) is 1.15. The van der Waals surface area contributed by atoms with Gasteiger partial charge in [0.15, 0.2) is 0 Å². The van der Waals surface area contributed by atoms with Crippen LogP contribution in [0.3, 0.4) is 0 Å². The maximum Gasteiger partial charge on any atom is 0.320 e. The summed E-state index contributed by atoms with van der Waals surface area (Å²) in [7, 11) is 0. The van der Waals surface area contributed by atoms with E-state index in [1.165, 1.54) is 6.92 Å². The van der Waals surface area contributed by atoms with Crippen molar-refractivity contribution in [2.75, 3.05) is 0 Å². The molecule has 0 amide bonds. The average Bonchev–Trinajstić information content (AvgIpc) is 2.38. The lowest BCUT2D eigenvalue weighted by Crippen LogP contribution is -2.34. The number of halogens is 1. The van der Waals surface area contributed by atoms with Gasteiger partial charge in [-0.2, -0.15) is 0 Å². The van der Waals surface area contributed by atoms with Crippen LogP contribution in [-0.4, -0.2) is 23.1 Å². The van der Waals surface area contributed by atoms with Crippen LogP contribution in [0.25, 0.3) is 0 Å². The van der Waals surface area contributed by atoms with Gasteiger partial charge in [-0.25, -0.2) is 0 Å². The summed E-state index contributed by atoms with van der Waals surface area (Å²) in [5.74, 6) is -0.572. The Morgan fingerprint density at radius 1 is 1.35 bits per heavy atom. The molecule has 1 atom stereocenters. The number of aliphatic carboxylic acids is 1. The first-order valence-corrected chi connectivity index (χ1v) is 7.22. The van der Waals surface area contributed by atoms with Crippen LogP contribution < -0.4 is 10.5 Å². The Kier molecular flexibility index (Phi) is 8.83. The van der Waals surface area contributed by atoms with E-state index in [2.05, 4.69) is 15.9 Å². The van der Waals surface area contributed by atoms with Gasteiger partial charge in [0.1, 0.15) is 11.8 Å². The molecule has 0 aliphatic heterocycles. The molecule has 6 heteroatoms. The first kappa shape index (κ1) is 18.6. The van der Waals surface area contributed by atoms with E-state index in [-0.39, 0.29) is 11.9 Å². The molecule has 0 heterocycles. The molecule has 0 bridgehead atoms. The summed E-state index contributed by atoms with van der Waals surface area (Å²) in [6.07, 6.45) is 0. The summed E-state index contributed by atoms with van der Waals surface area (Å²) in [6, 6.07) is 6.72. The van der Waals surface area contributed by atoms with E-state index in [1.54, 1.807) is 19.9 Å². The second-order valence-electron chi connectivity index (χ2n) is 4.44. The lowest BCUT2D eigenvalue weighted by atomic mass is 10.1. The van der Waals surface area contributed by atoms with E-state index >= 15 is 0 Å². The van der Waals surface area contributed by atoms with Gasteiger partial charge in [-0.15, -0.1) is 0 Å². The van der Waals surface area contributed by atoms with Crippen LogP contribution in [-0.2, 0) is 14.9 Å². The monoisotopic (exact) mass is 345 g/mol. The summed E-state index contributed by atoms with van der Waals surface area (Å²) in [5, 5.41) is 8.92. The molecule has 0 saturated carbocycles. The van der Waals surface area contributed by atoms with Crippen molar-refractivity contribution in [3.8, 4) is 5.75 Å². The van der Waals surface area contributed by atoms with Gasteiger partial charge in [0, 0.05) is 17.8 Å². The van der Waals surface area contributed by atoms with E-state index < -0.39 is 12.0 Å². The normalized spacial score (nSPS) is 11.3. The average molecular weight is 346 g/mol. The number of esters is 1. The number of carboxylic acids is 1. The second kappa shape index (κ2) is 9.50. The molecule has 0 spiro atoms. The molecule has 0 aliphatic rings. The van der Waals surface area contributed by atoms with Gasteiger partial charge in [0.05, 0.1) is 0 Å². The highest BCUT2D eigenvalue weighted by Gasteiger charge is 2.14. The molecule has 5 nitrogen and oxygen atoms in total. The van der Waals surface area contributed by atoms with Crippen LogP contribution in [0.4, 0.5) is 0 Å². The van der Waals surface area contributed by atoms with E-state index in [1.807, 2.05) is 18.2 Å². The smallest absolute Gasteiger partial charge is 0.320 e. The molecular weight excluding hydrogens is 326 g/mol. The molecule has 0 unspecified atom stereocenters. The summed E-state index contributed by atoms with van der Waals surface area (Å²) in [6.45, 7) is 4.95. The van der Waals surface area contributed by atoms with Gasteiger partial charge in [-0.05, 0) is 12.0 Å². The van der Waals surface area contributed by atoms with Crippen molar-refractivity contribution >= 4 is 27.9 Å². The minimum Gasteiger partial charge on any atom is -0.480 e. The van der Waals surface area contributed by atoms with Crippen molar-refractivity contribution in [3.63, 3.8) is 0 Å². The Morgan fingerprint density at radius 2 is 1.90 bits per heavy atom. The van der Waals surface area contributed by atoms with Crippen molar-refractivity contribution in [2.45, 2.75) is 32.1 Å². The van der Waals surface area contributed by atoms with E-state index in [4.69, 9.17) is 15.6 Å². The first-order chi connectivity index (χ1) is 9.29. The van der Waals surface area contributed by atoms with Gasteiger partial charge in [0.2, 0.25) is 0 Å². The Bertz CT molecular complexity index is 449. The number of nitrogens with two attached hydrogens (primary N) is 1. The van der Waals surface area contributed by atoms with Gasteiger partial charge in [-0.1, -0.05) is 48.0 Å². The highest BCUT2D eigenvalue weighted by Crippen LogP contribution is 2.20. The molecule has 1 rings (SSSR count). The SMILES string of the molecule is CC(=O)Oc1ccccc1CBr.CC(C)[C@H](N)C(=O)O. The van der Waals surface area contributed by atoms with Crippen LogP contribution in [0.15, 0.2) is 24.3 Å². The number of carbonyl (C=O) groups excluding carboxylic acids is 1. The highest BCUT2D eigenvalue weighted by atomic mass is 79.9. The van der Waals surface area contributed by atoms with Crippen LogP contribution in [0.2, 0.25) is 0 Å². The van der Waals surface area contributed by atoms with E-state index in [9.17, 15) is 9.59 Å². The quantitative estimate of drug-likeness (QED) is 0.497. The summed E-state index contributed by atoms with van der Waals surface area (Å²) >= 11 is 3.31. The lowest BCUT2D eigenvalue weighted by Gasteiger charge is -2.07. The minimum atomic E-state index is -0.931. The molecule has 0 aromatic heterocycles. The number of rotatable bonds is 4. The maximum atomic E-state index is 10.6. The summed E-state index contributed by atoms with van der Waals surface area (Å²) in [4.78, 5) is 20.7. The molecule has 20 heavy (non-hydrogen) atoms. The zero-order valence-electron chi connectivity index (χ0n) is 11.8. The Labute approximate surface area is 127 Å². The fraction of sp³-hybridized carbons (Fsp3) is 0.429. The number of benzene rings is 1. The molecule has 1 aromatic carbocycles. The fourth-order valence-corrected chi connectivity index (χ4v) is 1.62. The van der Waals surface area contributed by atoms with Crippen LogP contribution in [0.5, 0.6) is 5.75 Å². The molecule has 3 N–H and O–H groups in total. The predicted octanol–water partition coefficient (Wildman–Crippen LogP) is 2.56. The zero-order valence-corrected chi connectivity index (χ0v) is 13.4. The van der Waals surface area contributed by atoms with E-state index in [0.717, 1.165) is 5.56 Å². The first-order valence-electron chi connectivity index (χ1n) is 6.10. The van der Waals surface area contributed by atoms with Crippen LogP contribution in [0, 0.1) is 5.92 Å². The predicted molar refractivity (Wildman–Crippen MR) is 80.8 cm³/mol. The standard InChI is InChI=1S/C9H9BrO2.C5H11NO2/c1-7(11)12-9-5-3-2-4-8(9)6-10;1-3(2)4(6)5(7)8/h2-5H,6H2,1H3;3-4H,6H2,1-2H3,(H,7,8)/t;4-/m.0/s1. The number of carboxylic acid groups (broad SMARTS) is 1. The molecule has 0 saturated heterocycles. The van der Waals surface area contributed by atoms with Crippen molar-refractivity contribution < 1.29 is 19.4 Å². The third kappa shape index (κ3) is 7.25. The molecule has 0 aliphatic carbocycles. The minimum absolute atomic E-state index is 0.0208. The molecule has 1 aromatic rings. The van der Waals surface area contributed by atoms with Gasteiger partial charge < -0.3 is 15.6 Å². The van der Waals surface area contributed by atoms with Crippen molar-refractivity contribution in [3.05, 3.63) is 29.8 Å². The Hall–Kier alpha value is -1.40. The molecule has 0 radical (unpaired) electrons. The van der Waals surface area contributed by atoms with E-state index in [0.29, 0.717) is 11.1 Å². The lowest BCUT2D eigenvalue weighted by molar-refractivity contribution is -0.139. The Balaban J connectivity index is 0.000000396. The number of hydrogen-bond donors (Lipinski definition) is 2. The second-order valence-corrected chi connectivity index (χ2v) is 5.00. The van der Waals surface area contributed by atoms with Crippen LogP contribution in [0.1, 0.15) is 26.3 Å². The number of hydrogen-bond acceptors (Lipinski definition) is 4. The Morgan fingerprint density at radius 3 is 2.25 bits per heavy atom.